The SMILES string of the molecule is Cc1c(C)c(C)c(C(c2ccccc2)(c2ccccc2)c2c(C)c(C)c(C)c(C)c2C)c(C)c1C. The Hall–Kier alpha value is -3.12. The minimum Gasteiger partial charge on any atom is -0.0622 e. The lowest BCUT2D eigenvalue weighted by Gasteiger charge is -2.43. The molecule has 0 fully saturated rings. The Labute approximate surface area is 213 Å². The van der Waals surface area contributed by atoms with Crippen LogP contribution < -0.4 is 0 Å². The third kappa shape index (κ3) is 3.57. The van der Waals surface area contributed by atoms with Gasteiger partial charge in [-0.15, -0.1) is 0 Å². The summed E-state index contributed by atoms with van der Waals surface area (Å²) in [6.45, 7) is 23.1. The van der Waals surface area contributed by atoms with E-state index in [9.17, 15) is 0 Å². The van der Waals surface area contributed by atoms with Crippen LogP contribution in [-0.2, 0) is 5.41 Å². The minimum atomic E-state index is -0.419. The number of hydrogen-bond donors (Lipinski definition) is 0. The van der Waals surface area contributed by atoms with E-state index in [-0.39, 0.29) is 0 Å². The van der Waals surface area contributed by atoms with Gasteiger partial charge in [-0.3, -0.25) is 0 Å². The highest BCUT2D eigenvalue weighted by Gasteiger charge is 2.44. The van der Waals surface area contributed by atoms with Crippen LogP contribution in [0.2, 0.25) is 0 Å². The molecule has 0 N–H and O–H groups in total. The summed E-state index contributed by atoms with van der Waals surface area (Å²) in [5.74, 6) is 0. The number of benzene rings is 4. The van der Waals surface area contributed by atoms with Gasteiger partial charge in [0.15, 0.2) is 0 Å². The third-order valence-corrected chi connectivity index (χ3v) is 9.16. The predicted octanol–water partition coefficient (Wildman–Crippen LogP) is 9.15. The Morgan fingerprint density at radius 1 is 0.314 bits per heavy atom. The summed E-state index contributed by atoms with van der Waals surface area (Å²) in [7, 11) is 0. The van der Waals surface area contributed by atoms with Gasteiger partial charge < -0.3 is 0 Å². The molecule has 0 heteroatoms. The Kier molecular flexibility index (Phi) is 6.54. The van der Waals surface area contributed by atoms with Gasteiger partial charge in [0.2, 0.25) is 0 Å². The first-order valence-electron chi connectivity index (χ1n) is 12.8. The highest BCUT2D eigenvalue weighted by atomic mass is 14.5. The van der Waals surface area contributed by atoms with Gasteiger partial charge in [0.25, 0.3) is 0 Å². The molecule has 0 radical (unpaired) electrons. The fourth-order valence-corrected chi connectivity index (χ4v) is 6.37. The molecule has 180 valence electrons. The third-order valence-electron chi connectivity index (χ3n) is 9.16. The van der Waals surface area contributed by atoms with Crippen molar-refractivity contribution in [2.24, 2.45) is 0 Å². The largest absolute Gasteiger partial charge is 0.0712 e. The molecule has 0 atom stereocenters. The van der Waals surface area contributed by atoms with E-state index in [1.165, 1.54) is 77.9 Å². The fraction of sp³-hybridized carbons (Fsp3) is 0.314. The molecular formula is C35H40. The molecule has 0 nitrogen and oxygen atoms in total. The maximum atomic E-state index is 2.34. The van der Waals surface area contributed by atoms with Gasteiger partial charge in [0.1, 0.15) is 0 Å². The van der Waals surface area contributed by atoms with Gasteiger partial charge in [-0.1, -0.05) is 60.7 Å². The zero-order valence-electron chi connectivity index (χ0n) is 23.3. The van der Waals surface area contributed by atoms with Crippen LogP contribution in [0.3, 0.4) is 0 Å². The minimum absolute atomic E-state index is 0.419. The highest BCUT2D eigenvalue weighted by molar-refractivity contribution is 5.70. The molecule has 0 aliphatic heterocycles. The molecule has 0 aromatic heterocycles. The molecule has 4 rings (SSSR count). The van der Waals surface area contributed by atoms with Crippen molar-refractivity contribution in [2.75, 3.05) is 0 Å². The van der Waals surface area contributed by atoms with Crippen LogP contribution in [0, 0.1) is 69.2 Å². The van der Waals surface area contributed by atoms with E-state index in [0.717, 1.165) is 0 Å². The Morgan fingerprint density at radius 2 is 0.543 bits per heavy atom. The van der Waals surface area contributed by atoms with Crippen LogP contribution in [0.15, 0.2) is 60.7 Å². The van der Waals surface area contributed by atoms with Crippen molar-refractivity contribution in [3.8, 4) is 0 Å². The fourth-order valence-electron chi connectivity index (χ4n) is 6.37. The van der Waals surface area contributed by atoms with Crippen LogP contribution >= 0.6 is 0 Å². The highest BCUT2D eigenvalue weighted by Crippen LogP contribution is 2.52. The smallest absolute Gasteiger partial charge is 0.0622 e. The van der Waals surface area contributed by atoms with Crippen molar-refractivity contribution < 1.29 is 0 Å². The van der Waals surface area contributed by atoms with Gasteiger partial charge in [0, 0.05) is 0 Å². The summed E-state index contributed by atoms with van der Waals surface area (Å²) in [5.41, 5.74) is 19.1. The number of hydrogen-bond acceptors (Lipinski definition) is 0. The van der Waals surface area contributed by atoms with Crippen molar-refractivity contribution in [1.29, 1.82) is 0 Å². The molecular weight excluding hydrogens is 420 g/mol. The summed E-state index contributed by atoms with van der Waals surface area (Å²) in [4.78, 5) is 0. The van der Waals surface area contributed by atoms with Crippen molar-refractivity contribution >= 4 is 0 Å². The Balaban J connectivity index is 2.41. The van der Waals surface area contributed by atoms with Gasteiger partial charge >= 0.3 is 0 Å². The molecule has 0 saturated carbocycles. The first-order chi connectivity index (χ1) is 16.6. The predicted molar refractivity (Wildman–Crippen MR) is 152 cm³/mol. The van der Waals surface area contributed by atoms with E-state index in [4.69, 9.17) is 0 Å². The lowest BCUT2D eigenvalue weighted by Crippen LogP contribution is -2.36. The van der Waals surface area contributed by atoms with Crippen LogP contribution in [0.4, 0.5) is 0 Å². The molecule has 35 heavy (non-hydrogen) atoms. The zero-order valence-corrected chi connectivity index (χ0v) is 23.3. The molecule has 4 aromatic carbocycles. The molecule has 0 spiro atoms. The lowest BCUT2D eigenvalue weighted by atomic mass is 9.59. The second kappa shape index (κ2) is 9.15. The molecule has 0 bridgehead atoms. The monoisotopic (exact) mass is 460 g/mol. The van der Waals surface area contributed by atoms with E-state index in [1.807, 2.05) is 0 Å². The number of rotatable bonds is 4. The maximum absolute atomic E-state index is 2.34. The van der Waals surface area contributed by atoms with E-state index in [0.29, 0.717) is 0 Å². The van der Waals surface area contributed by atoms with Crippen molar-refractivity contribution in [1.82, 2.24) is 0 Å². The second-order valence-electron chi connectivity index (χ2n) is 10.5. The lowest BCUT2D eigenvalue weighted by molar-refractivity contribution is 0.711. The van der Waals surface area contributed by atoms with Crippen molar-refractivity contribution in [3.63, 3.8) is 0 Å². The van der Waals surface area contributed by atoms with Crippen LogP contribution in [0.25, 0.3) is 0 Å². The second-order valence-corrected chi connectivity index (χ2v) is 10.5. The molecule has 0 saturated heterocycles. The topological polar surface area (TPSA) is 0 Å². The summed E-state index contributed by atoms with van der Waals surface area (Å²) in [5, 5.41) is 0. The van der Waals surface area contributed by atoms with Gasteiger partial charge in [-0.25, -0.2) is 0 Å². The van der Waals surface area contributed by atoms with E-state index >= 15 is 0 Å². The summed E-state index contributed by atoms with van der Waals surface area (Å²) >= 11 is 0. The van der Waals surface area contributed by atoms with Crippen LogP contribution in [-0.4, -0.2) is 0 Å². The van der Waals surface area contributed by atoms with Gasteiger partial charge in [-0.05, 0) is 147 Å². The average Bonchev–Trinajstić information content (AvgIpc) is 2.88. The van der Waals surface area contributed by atoms with E-state index in [2.05, 4.69) is 130 Å². The zero-order chi connectivity index (χ0) is 25.7. The quantitative estimate of drug-likeness (QED) is 0.266. The van der Waals surface area contributed by atoms with Crippen LogP contribution in [0.1, 0.15) is 77.9 Å². The van der Waals surface area contributed by atoms with E-state index < -0.39 is 5.41 Å². The first kappa shape index (κ1) is 25.0. The maximum Gasteiger partial charge on any atom is 0.0712 e. The standard InChI is InChI=1S/C35H40/c1-21-23(3)27(7)33(28(8)24(21)4)35(31-17-13-11-14-18-31,32-19-15-12-16-20-32)34-29(9)25(5)22(2)26(6)30(34)10/h11-20H,1-10H3. The molecule has 0 heterocycles. The molecule has 0 aliphatic rings. The van der Waals surface area contributed by atoms with Crippen molar-refractivity contribution in [2.45, 2.75) is 74.7 Å². The first-order valence-corrected chi connectivity index (χ1v) is 12.8. The van der Waals surface area contributed by atoms with Crippen LogP contribution in [0.5, 0.6) is 0 Å². The summed E-state index contributed by atoms with van der Waals surface area (Å²) in [6, 6.07) is 22.4. The average molecular weight is 461 g/mol. The van der Waals surface area contributed by atoms with Gasteiger partial charge in [-0.2, -0.15) is 0 Å². The molecule has 0 amide bonds. The normalized spacial score (nSPS) is 11.7. The molecule has 0 unspecified atom stereocenters. The molecule has 0 aliphatic carbocycles. The Morgan fingerprint density at radius 3 is 0.800 bits per heavy atom. The molecule has 4 aromatic rings. The van der Waals surface area contributed by atoms with Gasteiger partial charge in [0.05, 0.1) is 5.41 Å². The Bertz CT molecular complexity index is 1230. The summed E-state index contributed by atoms with van der Waals surface area (Å²) in [6.07, 6.45) is 0. The summed E-state index contributed by atoms with van der Waals surface area (Å²) < 4.78 is 0. The van der Waals surface area contributed by atoms with Crippen molar-refractivity contribution in [3.05, 3.63) is 139 Å². The van der Waals surface area contributed by atoms with E-state index in [1.54, 1.807) is 0 Å².